The third-order valence-electron chi connectivity index (χ3n) is 2.35. The number of nitrogens with one attached hydrogen (secondary N) is 2. The summed E-state index contributed by atoms with van der Waals surface area (Å²) in [4.78, 5) is 23.2. The summed E-state index contributed by atoms with van der Waals surface area (Å²) in [5.41, 5.74) is 0.267. The molecule has 0 spiro atoms. The summed E-state index contributed by atoms with van der Waals surface area (Å²) in [6.07, 6.45) is 1.51. The van der Waals surface area contributed by atoms with Gasteiger partial charge in [-0.25, -0.2) is 4.68 Å². The summed E-state index contributed by atoms with van der Waals surface area (Å²) in [6, 6.07) is 0. The molecule has 1 aromatic rings. The molecule has 1 aromatic heterocycles. The number of carbonyl (C=O) groups excluding carboxylic acids is 1. The highest BCUT2D eigenvalue weighted by molar-refractivity contribution is 9.10. The number of aryl methyl sites for hydroxylation is 1. The molecule has 0 aliphatic carbocycles. The van der Waals surface area contributed by atoms with Gasteiger partial charge in [0.25, 0.3) is 5.56 Å². The van der Waals surface area contributed by atoms with Gasteiger partial charge >= 0.3 is 0 Å². The smallest absolute Gasteiger partial charge is 0.283 e. The number of rotatable bonds is 7. The Kier molecular flexibility index (Phi) is 6.51. The van der Waals surface area contributed by atoms with E-state index in [9.17, 15) is 9.59 Å². The Morgan fingerprint density at radius 2 is 2.32 bits per heavy atom. The number of hydrogen-bond acceptors (Lipinski definition) is 5. The van der Waals surface area contributed by atoms with E-state index in [-0.39, 0.29) is 18.0 Å². The Hall–Kier alpha value is -1.41. The maximum atomic E-state index is 11.8. The van der Waals surface area contributed by atoms with Crippen molar-refractivity contribution in [2.75, 3.05) is 32.1 Å². The van der Waals surface area contributed by atoms with Crippen LogP contribution in [0.5, 0.6) is 0 Å². The van der Waals surface area contributed by atoms with Crippen molar-refractivity contribution in [2.45, 2.75) is 13.5 Å². The molecule has 0 unspecified atom stereocenters. The summed E-state index contributed by atoms with van der Waals surface area (Å²) in [5, 5.41) is 9.49. The highest BCUT2D eigenvalue weighted by Gasteiger charge is 2.08. The van der Waals surface area contributed by atoms with E-state index in [0.29, 0.717) is 29.9 Å². The van der Waals surface area contributed by atoms with E-state index >= 15 is 0 Å². The molecule has 0 aromatic carbocycles. The van der Waals surface area contributed by atoms with Crippen LogP contribution in [0.2, 0.25) is 0 Å². The third-order valence-corrected chi connectivity index (χ3v) is 3.12. The lowest BCUT2D eigenvalue weighted by Crippen LogP contribution is -2.33. The molecule has 1 heterocycles. The number of halogens is 1. The highest BCUT2D eigenvalue weighted by atomic mass is 79.9. The summed E-state index contributed by atoms with van der Waals surface area (Å²) < 4.78 is 6.52. The Balaban J connectivity index is 2.56. The first-order chi connectivity index (χ1) is 9.10. The molecule has 0 fully saturated rings. The molecule has 0 aliphatic rings. The van der Waals surface area contributed by atoms with Crippen molar-refractivity contribution in [3.05, 3.63) is 21.0 Å². The van der Waals surface area contributed by atoms with E-state index < -0.39 is 0 Å². The summed E-state index contributed by atoms with van der Waals surface area (Å²) in [5.74, 6) is -0.177. The molecule has 19 heavy (non-hydrogen) atoms. The Labute approximate surface area is 119 Å². The molecule has 0 radical (unpaired) electrons. The summed E-state index contributed by atoms with van der Waals surface area (Å²) >= 11 is 3.20. The first-order valence-electron chi connectivity index (χ1n) is 5.85. The van der Waals surface area contributed by atoms with Crippen molar-refractivity contribution in [3.63, 3.8) is 0 Å². The zero-order chi connectivity index (χ0) is 14.3. The van der Waals surface area contributed by atoms with Crippen LogP contribution in [0.15, 0.2) is 15.5 Å². The third kappa shape index (κ3) is 4.64. The van der Waals surface area contributed by atoms with Gasteiger partial charge in [0.05, 0.1) is 25.0 Å². The van der Waals surface area contributed by atoms with Crippen molar-refractivity contribution in [2.24, 2.45) is 0 Å². The van der Waals surface area contributed by atoms with Gasteiger partial charge in [0.1, 0.15) is 4.47 Å². The van der Waals surface area contributed by atoms with E-state index in [2.05, 4.69) is 31.7 Å². The molecular formula is C11H17BrN4O3. The zero-order valence-electron chi connectivity index (χ0n) is 10.9. The monoisotopic (exact) mass is 332 g/mol. The molecule has 0 aliphatic heterocycles. The minimum atomic E-state index is -0.229. The zero-order valence-corrected chi connectivity index (χ0v) is 12.5. The maximum absolute atomic E-state index is 11.8. The molecule has 1 rings (SSSR count). The number of aromatic nitrogens is 2. The van der Waals surface area contributed by atoms with Gasteiger partial charge in [0, 0.05) is 20.2 Å². The lowest BCUT2D eigenvalue weighted by molar-refractivity contribution is -0.119. The minimum Gasteiger partial charge on any atom is -0.383 e. The van der Waals surface area contributed by atoms with Crippen LogP contribution in [0.3, 0.4) is 0 Å². The van der Waals surface area contributed by atoms with Gasteiger partial charge in [-0.05, 0) is 22.9 Å². The Bertz CT molecular complexity index is 489. The molecule has 7 nitrogen and oxygen atoms in total. The molecular weight excluding hydrogens is 316 g/mol. The van der Waals surface area contributed by atoms with E-state index in [4.69, 9.17) is 4.74 Å². The number of ether oxygens (including phenoxy) is 1. The van der Waals surface area contributed by atoms with Gasteiger partial charge in [-0.2, -0.15) is 5.10 Å². The number of hydrogen-bond donors (Lipinski definition) is 2. The van der Waals surface area contributed by atoms with Crippen molar-refractivity contribution >= 4 is 27.5 Å². The molecule has 0 saturated heterocycles. The highest BCUT2D eigenvalue weighted by Crippen LogP contribution is 2.15. The van der Waals surface area contributed by atoms with Gasteiger partial charge in [-0.15, -0.1) is 0 Å². The number of carbonyl (C=O) groups is 1. The van der Waals surface area contributed by atoms with Crippen LogP contribution >= 0.6 is 15.9 Å². The Morgan fingerprint density at radius 1 is 1.58 bits per heavy atom. The number of nitrogens with zero attached hydrogens (tertiary/aromatic N) is 2. The standard InChI is InChI=1S/C11H17BrN4O3/c1-3-16-11(18)10(12)8(6-15-16)14-7-9(17)13-4-5-19-2/h6,14H,3-5,7H2,1-2H3,(H,13,17). The lowest BCUT2D eigenvalue weighted by Gasteiger charge is -2.09. The fourth-order valence-electron chi connectivity index (χ4n) is 1.34. The summed E-state index contributed by atoms with van der Waals surface area (Å²) in [7, 11) is 1.57. The average molecular weight is 333 g/mol. The number of methoxy groups -OCH3 is 1. The molecule has 0 atom stereocenters. The predicted molar refractivity (Wildman–Crippen MR) is 75.2 cm³/mol. The molecule has 8 heteroatoms. The largest absolute Gasteiger partial charge is 0.383 e. The van der Waals surface area contributed by atoms with Gasteiger partial charge < -0.3 is 15.4 Å². The van der Waals surface area contributed by atoms with E-state index in [1.54, 1.807) is 7.11 Å². The van der Waals surface area contributed by atoms with Crippen LogP contribution in [0.25, 0.3) is 0 Å². The normalized spacial score (nSPS) is 10.3. The molecule has 106 valence electrons. The van der Waals surface area contributed by atoms with Crippen molar-refractivity contribution in [1.29, 1.82) is 0 Å². The van der Waals surface area contributed by atoms with E-state index in [1.807, 2.05) is 6.92 Å². The lowest BCUT2D eigenvalue weighted by atomic mass is 10.4. The molecule has 1 amide bonds. The second kappa shape index (κ2) is 7.90. The van der Waals surface area contributed by atoms with Crippen molar-refractivity contribution in [3.8, 4) is 0 Å². The van der Waals surface area contributed by atoms with Crippen molar-refractivity contribution < 1.29 is 9.53 Å². The first kappa shape index (κ1) is 15.6. The van der Waals surface area contributed by atoms with Crippen LogP contribution in [-0.4, -0.2) is 42.5 Å². The van der Waals surface area contributed by atoms with Crippen LogP contribution in [0.1, 0.15) is 6.92 Å². The molecule has 0 bridgehead atoms. The minimum absolute atomic E-state index is 0.0690. The van der Waals surface area contributed by atoms with Gasteiger partial charge in [-0.1, -0.05) is 0 Å². The van der Waals surface area contributed by atoms with E-state index in [0.717, 1.165) is 0 Å². The predicted octanol–water partition coefficient (Wildman–Crippen LogP) is 0.200. The van der Waals surface area contributed by atoms with Crippen molar-refractivity contribution in [1.82, 2.24) is 15.1 Å². The average Bonchev–Trinajstić information content (AvgIpc) is 2.41. The number of amides is 1. The van der Waals surface area contributed by atoms with Crippen LogP contribution in [0, 0.1) is 0 Å². The van der Waals surface area contributed by atoms with Gasteiger partial charge in [0.2, 0.25) is 5.91 Å². The second-order valence-electron chi connectivity index (χ2n) is 3.69. The second-order valence-corrected chi connectivity index (χ2v) is 4.48. The Morgan fingerprint density at radius 3 is 2.95 bits per heavy atom. The fraction of sp³-hybridized carbons (Fsp3) is 0.545. The van der Waals surface area contributed by atoms with Crippen LogP contribution < -0.4 is 16.2 Å². The maximum Gasteiger partial charge on any atom is 0.283 e. The fourth-order valence-corrected chi connectivity index (χ4v) is 1.79. The SMILES string of the molecule is CCn1ncc(NCC(=O)NCCOC)c(Br)c1=O. The van der Waals surface area contributed by atoms with E-state index in [1.165, 1.54) is 10.9 Å². The van der Waals surface area contributed by atoms with Crippen LogP contribution in [-0.2, 0) is 16.1 Å². The quantitative estimate of drug-likeness (QED) is 0.697. The number of anilines is 1. The molecule has 0 saturated carbocycles. The topological polar surface area (TPSA) is 85.2 Å². The summed E-state index contributed by atoms with van der Waals surface area (Å²) in [6.45, 7) is 3.31. The first-order valence-corrected chi connectivity index (χ1v) is 6.64. The van der Waals surface area contributed by atoms with Crippen LogP contribution in [0.4, 0.5) is 5.69 Å². The van der Waals surface area contributed by atoms with Gasteiger partial charge in [0.15, 0.2) is 0 Å². The van der Waals surface area contributed by atoms with Gasteiger partial charge in [-0.3, -0.25) is 9.59 Å². The molecule has 2 N–H and O–H groups in total.